The van der Waals surface area contributed by atoms with Crippen LogP contribution in [0.1, 0.15) is 13.8 Å². The molecule has 0 aromatic heterocycles. The summed E-state index contributed by atoms with van der Waals surface area (Å²) >= 11 is 0. The normalized spacial score (nSPS) is 19.8. The van der Waals surface area contributed by atoms with Crippen LogP contribution >= 0.6 is 0 Å². The van der Waals surface area contributed by atoms with E-state index in [0.717, 1.165) is 5.76 Å². The lowest BCUT2D eigenvalue weighted by atomic mass is 10.2. The van der Waals surface area contributed by atoms with Crippen molar-refractivity contribution in [1.29, 1.82) is 0 Å². The van der Waals surface area contributed by atoms with Crippen LogP contribution in [0.2, 0.25) is 0 Å². The topological polar surface area (TPSA) is 27.7 Å². The Balaban J connectivity index is 2.24. The number of allylic oxidation sites excluding steroid dienone is 2. The fourth-order valence-corrected chi connectivity index (χ4v) is 0.625. The first kappa shape index (κ1) is 7.63. The summed E-state index contributed by atoms with van der Waals surface area (Å²) in [7, 11) is -0.476. The average molecular weight is 142 g/mol. The van der Waals surface area contributed by atoms with E-state index in [4.69, 9.17) is 14.0 Å². The minimum Gasteiger partial charge on any atom is -0.516 e. The van der Waals surface area contributed by atoms with Gasteiger partial charge in [0.05, 0.1) is 19.0 Å². The molecular formula is C6H11BO3. The lowest BCUT2D eigenvalue weighted by molar-refractivity contribution is 0.226. The molecule has 1 heterocycles. The molecule has 1 rings (SSSR count). The summed E-state index contributed by atoms with van der Waals surface area (Å²) in [5, 5.41) is 0. The lowest BCUT2D eigenvalue weighted by Gasteiger charge is -2.05. The Morgan fingerprint density at radius 1 is 1.50 bits per heavy atom. The van der Waals surface area contributed by atoms with Gasteiger partial charge in [0.25, 0.3) is 0 Å². The first-order valence-corrected chi connectivity index (χ1v) is 3.35. The molecule has 0 bridgehead atoms. The van der Waals surface area contributed by atoms with Gasteiger partial charge in [-0.25, -0.2) is 0 Å². The molecule has 0 aromatic rings. The van der Waals surface area contributed by atoms with Gasteiger partial charge in [-0.05, 0) is 13.8 Å². The molecule has 3 nitrogen and oxygen atoms in total. The van der Waals surface area contributed by atoms with E-state index in [1.165, 1.54) is 0 Å². The Kier molecular flexibility index (Phi) is 2.77. The minimum absolute atomic E-state index is 0.476. The highest BCUT2D eigenvalue weighted by molar-refractivity contribution is 6.37. The van der Waals surface area contributed by atoms with Crippen molar-refractivity contribution in [2.75, 3.05) is 13.2 Å². The van der Waals surface area contributed by atoms with Gasteiger partial charge in [0, 0.05) is 0 Å². The molecule has 1 fully saturated rings. The Morgan fingerprint density at radius 2 is 2.10 bits per heavy atom. The minimum atomic E-state index is -0.476. The monoisotopic (exact) mass is 142 g/mol. The van der Waals surface area contributed by atoms with E-state index in [1.807, 2.05) is 19.9 Å². The van der Waals surface area contributed by atoms with Crippen LogP contribution in [0, 0.1) is 0 Å². The Bertz CT molecular complexity index is 129. The summed E-state index contributed by atoms with van der Waals surface area (Å²) < 4.78 is 15.3. The zero-order valence-corrected chi connectivity index (χ0v) is 6.29. The van der Waals surface area contributed by atoms with Gasteiger partial charge in [-0.2, -0.15) is 0 Å². The standard InChI is InChI=1S/C6H11BO3/c1-3-6(2)10-7-8-4-5-9-7/h3H,4-5H2,1-2H3/b6-3-. The zero-order chi connectivity index (χ0) is 7.40. The first-order chi connectivity index (χ1) is 4.83. The quantitative estimate of drug-likeness (QED) is 0.424. The van der Waals surface area contributed by atoms with Crippen molar-refractivity contribution in [3.63, 3.8) is 0 Å². The third kappa shape index (κ3) is 2.04. The van der Waals surface area contributed by atoms with Gasteiger partial charge in [0.15, 0.2) is 0 Å². The molecule has 0 amide bonds. The van der Waals surface area contributed by atoms with Crippen molar-refractivity contribution in [1.82, 2.24) is 0 Å². The highest BCUT2D eigenvalue weighted by Gasteiger charge is 2.28. The third-order valence-electron chi connectivity index (χ3n) is 1.28. The van der Waals surface area contributed by atoms with Gasteiger partial charge in [-0.1, -0.05) is 6.08 Å². The van der Waals surface area contributed by atoms with Crippen molar-refractivity contribution >= 4 is 7.32 Å². The second kappa shape index (κ2) is 3.63. The molecule has 0 saturated carbocycles. The van der Waals surface area contributed by atoms with Crippen molar-refractivity contribution in [3.8, 4) is 0 Å². The van der Waals surface area contributed by atoms with Gasteiger partial charge in [-0.3, -0.25) is 0 Å². The van der Waals surface area contributed by atoms with Crippen molar-refractivity contribution in [3.05, 3.63) is 11.8 Å². The van der Waals surface area contributed by atoms with Gasteiger partial charge in [-0.15, -0.1) is 0 Å². The van der Waals surface area contributed by atoms with Crippen LogP contribution in [0.4, 0.5) is 0 Å². The van der Waals surface area contributed by atoms with E-state index in [1.54, 1.807) is 0 Å². The van der Waals surface area contributed by atoms with Gasteiger partial charge in [0.1, 0.15) is 0 Å². The van der Waals surface area contributed by atoms with E-state index < -0.39 is 7.32 Å². The Labute approximate surface area is 61.1 Å². The van der Waals surface area contributed by atoms with Gasteiger partial charge >= 0.3 is 7.32 Å². The summed E-state index contributed by atoms with van der Waals surface area (Å²) in [6.45, 7) is 5.03. The second-order valence-corrected chi connectivity index (χ2v) is 2.05. The van der Waals surface area contributed by atoms with E-state index in [2.05, 4.69) is 0 Å². The third-order valence-corrected chi connectivity index (χ3v) is 1.28. The number of hydrogen-bond donors (Lipinski definition) is 0. The molecule has 56 valence electrons. The molecule has 4 heteroatoms. The van der Waals surface area contributed by atoms with Crippen LogP contribution in [0.25, 0.3) is 0 Å². The molecule has 0 aromatic carbocycles. The van der Waals surface area contributed by atoms with Crippen LogP contribution in [0.15, 0.2) is 11.8 Å². The summed E-state index contributed by atoms with van der Waals surface area (Å²) in [4.78, 5) is 0. The summed E-state index contributed by atoms with van der Waals surface area (Å²) in [5.74, 6) is 0.826. The largest absolute Gasteiger partial charge is 0.713 e. The average Bonchev–Trinajstić information content (AvgIpc) is 2.40. The van der Waals surface area contributed by atoms with Crippen molar-refractivity contribution < 1.29 is 14.0 Å². The fourth-order valence-electron chi connectivity index (χ4n) is 0.625. The number of rotatable bonds is 2. The van der Waals surface area contributed by atoms with Crippen LogP contribution in [0.3, 0.4) is 0 Å². The first-order valence-electron chi connectivity index (χ1n) is 3.35. The Hall–Kier alpha value is -0.475. The molecular weight excluding hydrogens is 131 g/mol. The predicted octanol–water partition coefficient (Wildman–Crippen LogP) is 0.958. The highest BCUT2D eigenvalue weighted by Crippen LogP contribution is 2.05. The van der Waals surface area contributed by atoms with Crippen LogP contribution in [-0.2, 0) is 14.0 Å². The Morgan fingerprint density at radius 3 is 2.60 bits per heavy atom. The molecule has 10 heavy (non-hydrogen) atoms. The SMILES string of the molecule is C/C=C(/C)OB1OCCO1. The number of hydrogen-bond acceptors (Lipinski definition) is 3. The highest BCUT2D eigenvalue weighted by atomic mass is 16.8. The lowest BCUT2D eigenvalue weighted by Crippen LogP contribution is -2.18. The smallest absolute Gasteiger partial charge is 0.516 e. The van der Waals surface area contributed by atoms with E-state index in [0.29, 0.717) is 13.2 Å². The summed E-state index contributed by atoms with van der Waals surface area (Å²) in [6.07, 6.45) is 1.87. The fraction of sp³-hybridized carbons (Fsp3) is 0.667. The molecule has 1 aliphatic heterocycles. The molecule has 1 aliphatic rings. The summed E-state index contributed by atoms with van der Waals surface area (Å²) in [5.41, 5.74) is 0. The molecule has 0 atom stereocenters. The molecule has 0 spiro atoms. The van der Waals surface area contributed by atoms with Crippen LogP contribution in [-0.4, -0.2) is 20.5 Å². The molecule has 0 N–H and O–H groups in total. The predicted molar refractivity (Wildman–Crippen MR) is 38.2 cm³/mol. The maximum Gasteiger partial charge on any atom is 0.713 e. The van der Waals surface area contributed by atoms with Gasteiger partial charge < -0.3 is 14.0 Å². The second-order valence-electron chi connectivity index (χ2n) is 2.05. The maximum absolute atomic E-state index is 5.18. The van der Waals surface area contributed by atoms with Crippen LogP contribution < -0.4 is 0 Å². The van der Waals surface area contributed by atoms with E-state index >= 15 is 0 Å². The molecule has 0 radical (unpaired) electrons. The zero-order valence-electron chi connectivity index (χ0n) is 6.29. The van der Waals surface area contributed by atoms with E-state index in [9.17, 15) is 0 Å². The maximum atomic E-state index is 5.18. The van der Waals surface area contributed by atoms with Crippen molar-refractivity contribution in [2.45, 2.75) is 13.8 Å². The molecule has 0 unspecified atom stereocenters. The molecule has 1 saturated heterocycles. The van der Waals surface area contributed by atoms with Gasteiger partial charge in [0.2, 0.25) is 0 Å². The summed E-state index contributed by atoms with van der Waals surface area (Å²) in [6, 6.07) is 0. The van der Waals surface area contributed by atoms with E-state index in [-0.39, 0.29) is 0 Å². The van der Waals surface area contributed by atoms with Crippen molar-refractivity contribution in [2.24, 2.45) is 0 Å². The van der Waals surface area contributed by atoms with Crippen LogP contribution in [0.5, 0.6) is 0 Å². The molecule has 0 aliphatic carbocycles.